The van der Waals surface area contributed by atoms with Crippen LogP contribution in [0, 0.1) is 31.6 Å². The fourth-order valence-electron chi connectivity index (χ4n) is 4.27. The van der Waals surface area contributed by atoms with Gasteiger partial charge in [0.15, 0.2) is 0 Å². The van der Waals surface area contributed by atoms with Crippen molar-refractivity contribution in [3.8, 4) is 17.5 Å². The second-order valence-corrected chi connectivity index (χ2v) is 8.35. The predicted molar refractivity (Wildman–Crippen MR) is 122 cm³/mol. The van der Waals surface area contributed by atoms with E-state index in [1.54, 1.807) is 0 Å². The number of aryl methyl sites for hydroxylation is 1. The van der Waals surface area contributed by atoms with Crippen LogP contribution in [0.4, 0.5) is 0 Å². The number of amides is 1. The van der Waals surface area contributed by atoms with Gasteiger partial charge in [-0.05, 0) is 51.6 Å². The summed E-state index contributed by atoms with van der Waals surface area (Å²) in [6.45, 7) is 16.1. The Kier molecular flexibility index (Phi) is 6.99. The smallest absolute Gasteiger partial charge is 0.257 e. The van der Waals surface area contributed by atoms with Crippen molar-refractivity contribution < 1.29 is 4.79 Å². The molecule has 0 saturated carbocycles. The van der Waals surface area contributed by atoms with Gasteiger partial charge >= 0.3 is 0 Å². The van der Waals surface area contributed by atoms with Crippen molar-refractivity contribution in [1.29, 1.82) is 0 Å². The maximum Gasteiger partial charge on any atom is 0.257 e. The molecule has 1 aromatic carbocycles. The van der Waals surface area contributed by atoms with E-state index in [-0.39, 0.29) is 5.91 Å². The molecule has 160 valence electrons. The quantitative estimate of drug-likeness (QED) is 0.704. The number of hydrogen-bond donors (Lipinski definition) is 0. The molecule has 0 N–H and O–H groups in total. The molecular weight excluding hydrogens is 372 g/mol. The lowest BCUT2D eigenvalue weighted by Gasteiger charge is -2.26. The third-order valence-corrected chi connectivity index (χ3v) is 5.88. The molecule has 1 unspecified atom stereocenters. The molecule has 3 rings (SSSR count). The molecule has 1 saturated heterocycles. The molecule has 1 aliphatic rings. The summed E-state index contributed by atoms with van der Waals surface area (Å²) in [7, 11) is 0. The van der Waals surface area contributed by atoms with Crippen molar-refractivity contribution in [3.05, 3.63) is 46.8 Å². The third kappa shape index (κ3) is 4.60. The minimum atomic E-state index is 0.0988. The summed E-state index contributed by atoms with van der Waals surface area (Å²) in [6, 6.07) is 8.51. The van der Waals surface area contributed by atoms with Gasteiger partial charge in [0.2, 0.25) is 0 Å². The SMILES string of the molecule is CCN(CC)C1CCN(C(=O)c2c(C)nn(-c3cccc(C#CC(C)C)c3)c2C)C1. The number of nitrogens with zero attached hydrogens (tertiary/aromatic N) is 4. The Labute approximate surface area is 181 Å². The zero-order valence-electron chi connectivity index (χ0n) is 19.2. The summed E-state index contributed by atoms with van der Waals surface area (Å²) < 4.78 is 1.88. The standard InChI is InChI=1S/C25H34N4O/c1-7-27(8-2)23-14-15-28(17-23)25(30)24-19(5)26-29(20(24)6)22-11-9-10-21(16-22)13-12-18(3)4/h9-11,16,18,23H,7-8,14-15,17H2,1-6H3. The molecule has 30 heavy (non-hydrogen) atoms. The van der Waals surface area contributed by atoms with E-state index in [2.05, 4.69) is 44.4 Å². The molecule has 5 nitrogen and oxygen atoms in total. The summed E-state index contributed by atoms with van der Waals surface area (Å²) in [5.74, 6) is 6.85. The molecule has 1 aromatic heterocycles. The number of likely N-dealkylation sites (tertiary alicyclic amines) is 1. The summed E-state index contributed by atoms with van der Waals surface area (Å²) in [6.07, 6.45) is 1.04. The predicted octanol–water partition coefficient (Wildman–Crippen LogP) is 4.05. The highest BCUT2D eigenvalue weighted by molar-refractivity contribution is 5.96. The number of rotatable bonds is 5. The molecule has 5 heteroatoms. The Morgan fingerprint density at radius 2 is 2.00 bits per heavy atom. The summed E-state index contributed by atoms with van der Waals surface area (Å²) in [5, 5.41) is 4.71. The Morgan fingerprint density at radius 1 is 1.27 bits per heavy atom. The number of aromatic nitrogens is 2. The maximum atomic E-state index is 13.4. The maximum absolute atomic E-state index is 13.4. The van der Waals surface area contributed by atoms with Crippen molar-refractivity contribution >= 4 is 5.91 Å². The fourth-order valence-corrected chi connectivity index (χ4v) is 4.27. The third-order valence-electron chi connectivity index (χ3n) is 5.88. The Balaban J connectivity index is 1.86. The van der Waals surface area contributed by atoms with Crippen molar-refractivity contribution in [2.75, 3.05) is 26.2 Å². The number of carbonyl (C=O) groups is 1. The lowest BCUT2D eigenvalue weighted by Crippen LogP contribution is -2.38. The summed E-state index contributed by atoms with van der Waals surface area (Å²) in [4.78, 5) is 17.8. The van der Waals surface area contributed by atoms with Gasteiger partial charge in [-0.3, -0.25) is 9.69 Å². The topological polar surface area (TPSA) is 41.4 Å². The largest absolute Gasteiger partial charge is 0.337 e. The van der Waals surface area contributed by atoms with Crippen molar-refractivity contribution in [1.82, 2.24) is 19.6 Å². The van der Waals surface area contributed by atoms with Gasteiger partial charge in [0.05, 0.1) is 22.6 Å². The van der Waals surface area contributed by atoms with E-state index in [0.717, 1.165) is 60.8 Å². The highest BCUT2D eigenvalue weighted by atomic mass is 16.2. The zero-order valence-corrected chi connectivity index (χ0v) is 19.2. The average molecular weight is 407 g/mol. The van der Waals surface area contributed by atoms with Crippen LogP contribution in [0.2, 0.25) is 0 Å². The van der Waals surface area contributed by atoms with Gasteiger partial charge in [-0.15, -0.1) is 0 Å². The first-order valence-corrected chi connectivity index (χ1v) is 11.1. The van der Waals surface area contributed by atoms with E-state index in [1.165, 1.54) is 0 Å². The molecular formula is C25H34N4O. The minimum absolute atomic E-state index is 0.0988. The van der Waals surface area contributed by atoms with Crippen LogP contribution in [-0.4, -0.2) is 57.7 Å². The van der Waals surface area contributed by atoms with Crippen LogP contribution in [0.25, 0.3) is 5.69 Å². The van der Waals surface area contributed by atoms with Gasteiger partial charge in [0.1, 0.15) is 0 Å². The van der Waals surface area contributed by atoms with Crippen LogP contribution >= 0.6 is 0 Å². The number of benzene rings is 1. The van der Waals surface area contributed by atoms with Gasteiger partial charge in [0, 0.05) is 30.6 Å². The Hall–Kier alpha value is -2.58. The van der Waals surface area contributed by atoms with Gasteiger partial charge in [0.25, 0.3) is 5.91 Å². The minimum Gasteiger partial charge on any atom is -0.337 e. The van der Waals surface area contributed by atoms with E-state index in [9.17, 15) is 4.79 Å². The van der Waals surface area contributed by atoms with Crippen molar-refractivity contribution in [2.24, 2.45) is 5.92 Å². The molecule has 1 aliphatic heterocycles. The number of carbonyl (C=O) groups excluding carboxylic acids is 1. The van der Waals surface area contributed by atoms with Crippen LogP contribution in [0.3, 0.4) is 0 Å². The van der Waals surface area contributed by atoms with E-state index >= 15 is 0 Å². The molecule has 0 radical (unpaired) electrons. The fraction of sp³-hybridized carbons (Fsp3) is 0.520. The second-order valence-electron chi connectivity index (χ2n) is 8.35. The van der Waals surface area contributed by atoms with Gasteiger partial charge in [-0.2, -0.15) is 5.10 Å². The molecule has 1 atom stereocenters. The van der Waals surface area contributed by atoms with E-state index in [4.69, 9.17) is 5.10 Å². The first-order valence-electron chi connectivity index (χ1n) is 11.1. The molecule has 0 spiro atoms. The molecule has 0 aliphatic carbocycles. The van der Waals surface area contributed by atoms with E-state index < -0.39 is 0 Å². The average Bonchev–Trinajstić information content (AvgIpc) is 3.32. The lowest BCUT2D eigenvalue weighted by molar-refractivity contribution is 0.0776. The molecule has 2 aromatic rings. The van der Waals surface area contributed by atoms with E-state index in [1.807, 2.05) is 47.7 Å². The monoisotopic (exact) mass is 406 g/mol. The Morgan fingerprint density at radius 3 is 2.67 bits per heavy atom. The highest BCUT2D eigenvalue weighted by Gasteiger charge is 2.32. The van der Waals surface area contributed by atoms with Crippen LogP contribution < -0.4 is 0 Å². The van der Waals surface area contributed by atoms with Crippen molar-refractivity contribution in [2.45, 2.75) is 54.0 Å². The summed E-state index contributed by atoms with van der Waals surface area (Å²) in [5.41, 5.74) is 4.30. The first kappa shape index (κ1) is 22.1. The molecule has 0 bridgehead atoms. The normalized spacial score (nSPS) is 16.3. The Bertz CT molecular complexity index is 959. The molecule has 1 amide bonds. The van der Waals surface area contributed by atoms with Crippen LogP contribution in [0.5, 0.6) is 0 Å². The highest BCUT2D eigenvalue weighted by Crippen LogP contribution is 2.23. The lowest BCUT2D eigenvalue weighted by atomic mass is 10.1. The number of hydrogen-bond acceptors (Lipinski definition) is 3. The molecule has 1 fully saturated rings. The first-order chi connectivity index (χ1) is 14.3. The number of likely N-dealkylation sites (N-methyl/N-ethyl adjacent to an activating group) is 1. The summed E-state index contributed by atoms with van der Waals surface area (Å²) >= 11 is 0. The van der Waals surface area contributed by atoms with Crippen LogP contribution in [-0.2, 0) is 0 Å². The van der Waals surface area contributed by atoms with Crippen LogP contribution in [0.1, 0.15) is 61.4 Å². The van der Waals surface area contributed by atoms with Gasteiger partial charge in [-0.1, -0.05) is 45.6 Å². The zero-order chi connectivity index (χ0) is 21.8. The van der Waals surface area contributed by atoms with Crippen molar-refractivity contribution in [3.63, 3.8) is 0 Å². The van der Waals surface area contributed by atoms with Crippen LogP contribution in [0.15, 0.2) is 24.3 Å². The van der Waals surface area contributed by atoms with Gasteiger partial charge < -0.3 is 4.90 Å². The molecule has 2 heterocycles. The van der Waals surface area contributed by atoms with E-state index in [0.29, 0.717) is 12.0 Å². The van der Waals surface area contributed by atoms with Gasteiger partial charge in [-0.25, -0.2) is 4.68 Å². The second kappa shape index (κ2) is 9.49.